The first-order valence-corrected chi connectivity index (χ1v) is 8.66. The normalized spacial score (nSPS) is 22.9. The number of hydrogen-bond donors (Lipinski definition) is 2. The molecule has 3 atom stereocenters. The molecule has 1 aromatic carbocycles. The van der Waals surface area contributed by atoms with Gasteiger partial charge in [0.15, 0.2) is 0 Å². The lowest BCUT2D eigenvalue weighted by atomic mass is 9.84. The fraction of sp³-hybridized carbons (Fsp3) is 0.526. The first-order valence-electron chi connectivity index (χ1n) is 8.66. The van der Waals surface area contributed by atoms with Crippen LogP contribution in [-0.4, -0.2) is 27.3 Å². The molecular formula is C19H27N3O. The smallest absolute Gasteiger partial charge is 0.110 e. The maximum absolute atomic E-state index is 9.56. The first kappa shape index (κ1) is 16.2. The molecule has 0 saturated heterocycles. The third kappa shape index (κ3) is 3.65. The molecule has 1 aliphatic carbocycles. The zero-order valence-electron chi connectivity index (χ0n) is 14.1. The Bertz CT molecular complexity index is 620. The summed E-state index contributed by atoms with van der Waals surface area (Å²) < 4.78 is 2.09. The Morgan fingerprint density at radius 1 is 1.26 bits per heavy atom. The Kier molecular flexibility index (Phi) is 5.13. The largest absolute Gasteiger partial charge is 0.396 e. The van der Waals surface area contributed by atoms with Crippen molar-refractivity contribution in [2.75, 3.05) is 6.61 Å². The fourth-order valence-corrected chi connectivity index (χ4v) is 3.64. The highest BCUT2D eigenvalue weighted by atomic mass is 16.3. The number of imidazole rings is 1. The maximum atomic E-state index is 9.56. The molecule has 1 heterocycles. The minimum atomic E-state index is 0.295. The van der Waals surface area contributed by atoms with E-state index < -0.39 is 0 Å². The quantitative estimate of drug-likeness (QED) is 0.889. The third-order valence-corrected chi connectivity index (χ3v) is 5.10. The predicted octanol–water partition coefficient (Wildman–Crippen LogP) is 3.38. The summed E-state index contributed by atoms with van der Waals surface area (Å²) in [7, 11) is 0. The van der Waals surface area contributed by atoms with Gasteiger partial charge in [0.25, 0.3) is 0 Å². The minimum Gasteiger partial charge on any atom is -0.396 e. The van der Waals surface area contributed by atoms with Crippen LogP contribution in [0.4, 0.5) is 0 Å². The van der Waals surface area contributed by atoms with Gasteiger partial charge in [-0.05, 0) is 50.3 Å². The summed E-state index contributed by atoms with van der Waals surface area (Å²) in [6, 6.07) is 9.38. The molecule has 23 heavy (non-hydrogen) atoms. The van der Waals surface area contributed by atoms with Crippen molar-refractivity contribution in [3.8, 4) is 5.69 Å². The predicted molar refractivity (Wildman–Crippen MR) is 92.7 cm³/mol. The highest BCUT2D eigenvalue weighted by Gasteiger charge is 2.25. The van der Waals surface area contributed by atoms with Gasteiger partial charge in [-0.3, -0.25) is 0 Å². The Hall–Kier alpha value is -1.65. The van der Waals surface area contributed by atoms with E-state index in [9.17, 15) is 5.11 Å². The van der Waals surface area contributed by atoms with Crippen molar-refractivity contribution in [3.05, 3.63) is 48.0 Å². The van der Waals surface area contributed by atoms with E-state index in [-0.39, 0.29) is 0 Å². The number of aliphatic hydroxyl groups is 1. The topological polar surface area (TPSA) is 50.1 Å². The number of hydrogen-bond acceptors (Lipinski definition) is 3. The Morgan fingerprint density at radius 3 is 2.65 bits per heavy atom. The van der Waals surface area contributed by atoms with E-state index in [1.807, 2.05) is 19.3 Å². The van der Waals surface area contributed by atoms with E-state index in [1.54, 1.807) is 0 Å². The number of aromatic nitrogens is 2. The van der Waals surface area contributed by atoms with Crippen LogP contribution in [0.2, 0.25) is 0 Å². The summed E-state index contributed by atoms with van der Waals surface area (Å²) >= 11 is 0. The SMILES string of the molecule is Cc1nccn1-c1ccc(C(C)NC2CCCCC2CO)cc1. The number of nitrogens with zero attached hydrogens (tertiary/aromatic N) is 2. The number of nitrogens with one attached hydrogen (secondary N) is 1. The van der Waals surface area contributed by atoms with Gasteiger partial charge in [-0.2, -0.15) is 0 Å². The number of rotatable bonds is 5. The van der Waals surface area contributed by atoms with Crippen molar-refractivity contribution in [3.63, 3.8) is 0 Å². The lowest BCUT2D eigenvalue weighted by Crippen LogP contribution is -2.41. The van der Waals surface area contributed by atoms with E-state index in [0.29, 0.717) is 24.6 Å². The Balaban J connectivity index is 1.68. The number of benzene rings is 1. The summed E-state index contributed by atoms with van der Waals surface area (Å²) in [5.74, 6) is 1.40. The first-order chi connectivity index (χ1) is 11.2. The molecule has 4 heteroatoms. The van der Waals surface area contributed by atoms with Crippen LogP contribution in [-0.2, 0) is 0 Å². The monoisotopic (exact) mass is 313 g/mol. The molecule has 3 unspecified atom stereocenters. The molecule has 0 amide bonds. The zero-order valence-corrected chi connectivity index (χ0v) is 14.1. The van der Waals surface area contributed by atoms with Crippen molar-refractivity contribution >= 4 is 0 Å². The van der Waals surface area contributed by atoms with Crippen LogP contribution >= 0.6 is 0 Å². The molecule has 2 N–H and O–H groups in total. The second-order valence-corrected chi connectivity index (χ2v) is 6.66. The Labute approximate surface area is 138 Å². The lowest BCUT2D eigenvalue weighted by Gasteiger charge is -2.33. The van der Waals surface area contributed by atoms with Crippen LogP contribution in [0.1, 0.15) is 50.0 Å². The van der Waals surface area contributed by atoms with Crippen LogP contribution in [0.3, 0.4) is 0 Å². The van der Waals surface area contributed by atoms with Crippen molar-refractivity contribution in [2.45, 2.75) is 51.6 Å². The van der Waals surface area contributed by atoms with Gasteiger partial charge in [0.1, 0.15) is 5.82 Å². The van der Waals surface area contributed by atoms with E-state index in [1.165, 1.54) is 24.8 Å². The molecule has 0 bridgehead atoms. The second kappa shape index (κ2) is 7.28. The highest BCUT2D eigenvalue weighted by Crippen LogP contribution is 2.26. The van der Waals surface area contributed by atoms with E-state index in [2.05, 4.69) is 46.1 Å². The van der Waals surface area contributed by atoms with Gasteiger partial charge in [0.2, 0.25) is 0 Å². The average Bonchev–Trinajstić information content (AvgIpc) is 3.01. The maximum Gasteiger partial charge on any atom is 0.110 e. The summed E-state index contributed by atoms with van der Waals surface area (Å²) in [5, 5.41) is 13.3. The molecule has 4 nitrogen and oxygen atoms in total. The molecule has 1 saturated carbocycles. The molecule has 3 rings (SSSR count). The fourth-order valence-electron chi connectivity index (χ4n) is 3.64. The molecular weight excluding hydrogens is 286 g/mol. The molecule has 1 aromatic heterocycles. The van der Waals surface area contributed by atoms with Crippen molar-refractivity contribution in [2.24, 2.45) is 5.92 Å². The molecule has 0 radical (unpaired) electrons. The average molecular weight is 313 g/mol. The molecule has 1 fully saturated rings. The summed E-state index contributed by atoms with van der Waals surface area (Å²) in [5.41, 5.74) is 2.43. The standard InChI is InChI=1S/C19H27N3O/c1-14(21-19-6-4-3-5-17(19)13-23)16-7-9-18(10-8-16)22-12-11-20-15(22)2/h7-12,14,17,19,21,23H,3-6,13H2,1-2H3. The lowest BCUT2D eigenvalue weighted by molar-refractivity contribution is 0.147. The van der Waals surface area contributed by atoms with Gasteiger partial charge in [0.05, 0.1) is 0 Å². The van der Waals surface area contributed by atoms with Crippen molar-refractivity contribution in [1.29, 1.82) is 0 Å². The summed E-state index contributed by atoms with van der Waals surface area (Å²) in [4.78, 5) is 4.27. The van der Waals surface area contributed by atoms with Gasteiger partial charge in [-0.15, -0.1) is 0 Å². The summed E-state index contributed by atoms with van der Waals surface area (Å²) in [6.07, 6.45) is 8.63. The van der Waals surface area contributed by atoms with Gasteiger partial charge in [0, 0.05) is 36.8 Å². The molecule has 2 aromatic rings. The van der Waals surface area contributed by atoms with Crippen LogP contribution in [0, 0.1) is 12.8 Å². The number of aryl methyl sites for hydroxylation is 1. The molecule has 124 valence electrons. The van der Waals surface area contributed by atoms with E-state index >= 15 is 0 Å². The molecule has 1 aliphatic rings. The van der Waals surface area contributed by atoms with Gasteiger partial charge >= 0.3 is 0 Å². The highest BCUT2D eigenvalue weighted by molar-refractivity contribution is 5.36. The summed E-state index contributed by atoms with van der Waals surface area (Å²) in [6.45, 7) is 4.51. The van der Waals surface area contributed by atoms with Crippen LogP contribution in [0.5, 0.6) is 0 Å². The van der Waals surface area contributed by atoms with E-state index in [0.717, 1.165) is 17.9 Å². The second-order valence-electron chi connectivity index (χ2n) is 6.66. The minimum absolute atomic E-state index is 0.295. The van der Waals surface area contributed by atoms with Gasteiger partial charge < -0.3 is 15.0 Å². The van der Waals surface area contributed by atoms with Crippen LogP contribution < -0.4 is 5.32 Å². The Morgan fingerprint density at radius 2 is 2.00 bits per heavy atom. The van der Waals surface area contributed by atoms with Crippen LogP contribution in [0.25, 0.3) is 5.69 Å². The van der Waals surface area contributed by atoms with E-state index in [4.69, 9.17) is 0 Å². The molecule has 0 aliphatic heterocycles. The number of aliphatic hydroxyl groups excluding tert-OH is 1. The van der Waals surface area contributed by atoms with Crippen LogP contribution in [0.15, 0.2) is 36.7 Å². The van der Waals surface area contributed by atoms with Crippen molar-refractivity contribution in [1.82, 2.24) is 14.9 Å². The zero-order chi connectivity index (χ0) is 16.2. The van der Waals surface area contributed by atoms with Gasteiger partial charge in [-0.1, -0.05) is 25.0 Å². The molecule has 0 spiro atoms. The van der Waals surface area contributed by atoms with Crippen molar-refractivity contribution < 1.29 is 5.11 Å². The van der Waals surface area contributed by atoms with Gasteiger partial charge in [-0.25, -0.2) is 4.98 Å². The third-order valence-electron chi connectivity index (χ3n) is 5.10.